The second-order valence-corrected chi connectivity index (χ2v) is 6.91. The second-order valence-electron chi connectivity index (χ2n) is 6.91. The summed E-state index contributed by atoms with van der Waals surface area (Å²) in [6.07, 6.45) is 1.98. The predicted octanol–water partition coefficient (Wildman–Crippen LogP) is 3.22. The fraction of sp³-hybridized carbons (Fsp3) is 0.381. The van der Waals surface area contributed by atoms with Crippen LogP contribution in [-0.4, -0.2) is 49.0 Å². The van der Waals surface area contributed by atoms with Crippen LogP contribution in [0.1, 0.15) is 40.7 Å². The largest absolute Gasteiger partial charge is 0.493 e. The van der Waals surface area contributed by atoms with Crippen molar-refractivity contribution in [2.45, 2.75) is 19.8 Å². The van der Waals surface area contributed by atoms with Gasteiger partial charge >= 0.3 is 0 Å². The summed E-state index contributed by atoms with van der Waals surface area (Å²) in [6, 6.07) is 10.00. The molecule has 1 aromatic heterocycles. The third-order valence-electron chi connectivity index (χ3n) is 4.91. The van der Waals surface area contributed by atoms with Gasteiger partial charge in [0.15, 0.2) is 11.5 Å². The molecule has 1 N–H and O–H groups in total. The van der Waals surface area contributed by atoms with Crippen LogP contribution in [0.2, 0.25) is 0 Å². The van der Waals surface area contributed by atoms with Crippen LogP contribution in [0.15, 0.2) is 36.4 Å². The van der Waals surface area contributed by atoms with Crippen LogP contribution in [0.4, 0.5) is 5.69 Å². The van der Waals surface area contributed by atoms with E-state index in [1.807, 2.05) is 0 Å². The number of hydrogen-bond donors (Lipinski definition) is 1. The molecular weight excluding hydrogens is 358 g/mol. The average Bonchev–Trinajstić information content (AvgIpc) is 2.73. The van der Waals surface area contributed by atoms with Crippen molar-refractivity contribution in [1.29, 1.82) is 0 Å². The topological polar surface area (TPSA) is 80.8 Å². The lowest BCUT2D eigenvalue weighted by molar-refractivity contribution is 0.0691. The Hall–Kier alpha value is -3.09. The van der Waals surface area contributed by atoms with E-state index in [1.54, 1.807) is 48.4 Å². The molecule has 0 aliphatic carbocycles. The first kappa shape index (κ1) is 19.7. The molecule has 3 rings (SSSR count). The summed E-state index contributed by atoms with van der Waals surface area (Å²) < 4.78 is 10.4. The van der Waals surface area contributed by atoms with Crippen LogP contribution in [0.25, 0.3) is 0 Å². The van der Waals surface area contributed by atoms with Gasteiger partial charge in [-0.1, -0.05) is 13.0 Å². The first-order chi connectivity index (χ1) is 13.5. The van der Waals surface area contributed by atoms with Gasteiger partial charge in [-0.25, -0.2) is 4.98 Å². The smallest absolute Gasteiger partial charge is 0.274 e. The van der Waals surface area contributed by atoms with E-state index in [1.165, 1.54) is 7.11 Å². The van der Waals surface area contributed by atoms with Gasteiger partial charge < -0.3 is 19.7 Å². The third-order valence-corrected chi connectivity index (χ3v) is 4.91. The Morgan fingerprint density at radius 3 is 2.39 bits per heavy atom. The number of likely N-dealkylation sites (tertiary alicyclic amines) is 1. The highest BCUT2D eigenvalue weighted by Crippen LogP contribution is 2.29. The van der Waals surface area contributed by atoms with Gasteiger partial charge in [0, 0.05) is 24.8 Å². The first-order valence-corrected chi connectivity index (χ1v) is 9.31. The van der Waals surface area contributed by atoms with Crippen molar-refractivity contribution in [3.63, 3.8) is 0 Å². The SMILES string of the molecule is COc1ccc(NC(=O)c2cccc(C(=O)N3CCC(C)CC3)n2)cc1OC. The maximum absolute atomic E-state index is 12.7. The Morgan fingerprint density at radius 2 is 1.71 bits per heavy atom. The number of carbonyl (C=O) groups is 2. The zero-order valence-corrected chi connectivity index (χ0v) is 16.4. The van der Waals surface area contributed by atoms with E-state index in [0.717, 1.165) is 25.9 Å². The molecule has 0 radical (unpaired) electrons. The lowest BCUT2D eigenvalue weighted by atomic mass is 9.99. The summed E-state index contributed by atoms with van der Waals surface area (Å²) in [4.78, 5) is 31.4. The molecule has 2 aromatic rings. The number of ether oxygens (including phenoxy) is 2. The van der Waals surface area contributed by atoms with E-state index >= 15 is 0 Å². The molecule has 2 amide bonds. The third kappa shape index (κ3) is 4.42. The number of carbonyl (C=O) groups excluding carboxylic acids is 2. The number of hydrogen-bond acceptors (Lipinski definition) is 5. The standard InChI is InChI=1S/C21H25N3O4/c1-14-9-11-24(12-10-14)21(26)17-6-4-5-16(23-17)20(25)22-15-7-8-18(27-2)19(13-15)28-3/h4-8,13-14H,9-12H2,1-3H3,(H,22,25). The maximum atomic E-state index is 12.7. The van der Waals surface area contributed by atoms with Gasteiger partial charge in [0.25, 0.3) is 11.8 Å². The quantitative estimate of drug-likeness (QED) is 0.857. The minimum Gasteiger partial charge on any atom is -0.493 e. The van der Waals surface area contributed by atoms with Crippen molar-refractivity contribution < 1.29 is 19.1 Å². The number of nitrogens with one attached hydrogen (secondary N) is 1. The molecule has 148 valence electrons. The van der Waals surface area contributed by atoms with Gasteiger partial charge in [-0.3, -0.25) is 9.59 Å². The number of benzene rings is 1. The second kappa shape index (κ2) is 8.73. The molecule has 7 heteroatoms. The fourth-order valence-corrected chi connectivity index (χ4v) is 3.16. The minimum absolute atomic E-state index is 0.132. The molecule has 0 unspecified atom stereocenters. The molecule has 0 bridgehead atoms. The van der Waals surface area contributed by atoms with Crippen LogP contribution in [0.3, 0.4) is 0 Å². The van der Waals surface area contributed by atoms with Crippen molar-refractivity contribution in [2.75, 3.05) is 32.6 Å². The first-order valence-electron chi connectivity index (χ1n) is 9.31. The van der Waals surface area contributed by atoms with Crippen molar-refractivity contribution in [3.8, 4) is 11.5 Å². The van der Waals surface area contributed by atoms with E-state index in [2.05, 4.69) is 17.2 Å². The van der Waals surface area contributed by atoms with Crippen LogP contribution in [0.5, 0.6) is 11.5 Å². The summed E-state index contributed by atoms with van der Waals surface area (Å²) >= 11 is 0. The normalized spacial score (nSPS) is 14.5. The number of anilines is 1. The number of nitrogens with zero attached hydrogens (tertiary/aromatic N) is 2. The Bertz CT molecular complexity index is 860. The van der Waals surface area contributed by atoms with E-state index < -0.39 is 5.91 Å². The molecule has 1 aliphatic heterocycles. The van der Waals surface area contributed by atoms with Gasteiger partial charge in [0.05, 0.1) is 14.2 Å². The van der Waals surface area contributed by atoms with Gasteiger partial charge in [0.1, 0.15) is 11.4 Å². The summed E-state index contributed by atoms with van der Waals surface area (Å²) in [7, 11) is 3.08. The maximum Gasteiger partial charge on any atom is 0.274 e. The van der Waals surface area contributed by atoms with Crippen molar-refractivity contribution in [3.05, 3.63) is 47.8 Å². The lowest BCUT2D eigenvalue weighted by Crippen LogP contribution is -2.38. The number of pyridine rings is 1. The summed E-state index contributed by atoms with van der Waals surface area (Å²) in [5.74, 6) is 1.19. The number of piperidine rings is 1. The highest BCUT2D eigenvalue weighted by molar-refractivity contribution is 6.04. The van der Waals surface area contributed by atoms with Gasteiger partial charge in [-0.05, 0) is 43.0 Å². The van der Waals surface area contributed by atoms with Crippen LogP contribution in [0, 0.1) is 5.92 Å². The molecule has 2 heterocycles. The fourth-order valence-electron chi connectivity index (χ4n) is 3.16. The lowest BCUT2D eigenvalue weighted by Gasteiger charge is -2.30. The Morgan fingerprint density at radius 1 is 1.04 bits per heavy atom. The highest BCUT2D eigenvalue weighted by Gasteiger charge is 2.23. The van der Waals surface area contributed by atoms with Gasteiger partial charge in [-0.15, -0.1) is 0 Å². The van der Waals surface area contributed by atoms with Crippen LogP contribution in [-0.2, 0) is 0 Å². The molecule has 1 aromatic carbocycles. The minimum atomic E-state index is -0.394. The highest BCUT2D eigenvalue weighted by atomic mass is 16.5. The van der Waals surface area contributed by atoms with Gasteiger partial charge in [-0.2, -0.15) is 0 Å². The molecule has 1 fully saturated rings. The van der Waals surface area contributed by atoms with Crippen molar-refractivity contribution in [2.24, 2.45) is 5.92 Å². The van der Waals surface area contributed by atoms with Crippen LogP contribution >= 0.6 is 0 Å². The van der Waals surface area contributed by atoms with E-state index in [4.69, 9.17) is 9.47 Å². The Balaban J connectivity index is 1.73. The summed E-state index contributed by atoms with van der Waals surface area (Å²) in [5, 5.41) is 2.77. The molecular formula is C21H25N3O4. The van der Waals surface area contributed by atoms with E-state index in [9.17, 15) is 9.59 Å². The van der Waals surface area contributed by atoms with E-state index in [0.29, 0.717) is 23.1 Å². The molecule has 0 atom stereocenters. The zero-order valence-electron chi connectivity index (χ0n) is 16.4. The van der Waals surface area contributed by atoms with Crippen molar-refractivity contribution in [1.82, 2.24) is 9.88 Å². The van der Waals surface area contributed by atoms with E-state index in [-0.39, 0.29) is 17.3 Å². The average molecular weight is 383 g/mol. The predicted molar refractivity (Wildman–Crippen MR) is 106 cm³/mol. The number of methoxy groups -OCH3 is 2. The molecule has 7 nitrogen and oxygen atoms in total. The Labute approximate surface area is 164 Å². The molecule has 0 saturated carbocycles. The Kier molecular flexibility index (Phi) is 6.13. The zero-order chi connectivity index (χ0) is 20.1. The number of rotatable bonds is 5. The molecule has 1 aliphatic rings. The van der Waals surface area contributed by atoms with Crippen molar-refractivity contribution >= 4 is 17.5 Å². The summed E-state index contributed by atoms with van der Waals surface area (Å²) in [5.41, 5.74) is 1.02. The van der Waals surface area contributed by atoms with Gasteiger partial charge in [0.2, 0.25) is 0 Å². The van der Waals surface area contributed by atoms with Crippen LogP contribution < -0.4 is 14.8 Å². The monoisotopic (exact) mass is 383 g/mol. The molecule has 28 heavy (non-hydrogen) atoms. The number of aromatic nitrogens is 1. The molecule has 1 saturated heterocycles. The number of amides is 2. The molecule has 0 spiro atoms. The summed E-state index contributed by atoms with van der Waals surface area (Å²) in [6.45, 7) is 3.65.